The zero-order chi connectivity index (χ0) is 14.8. The van der Waals surface area contributed by atoms with Crippen molar-refractivity contribution in [2.75, 3.05) is 14.2 Å². The number of hydrogen-bond acceptors (Lipinski definition) is 3. The van der Waals surface area contributed by atoms with Crippen molar-refractivity contribution >= 4 is 16.8 Å². The van der Waals surface area contributed by atoms with Crippen molar-refractivity contribution < 1.29 is 9.53 Å². The topological polar surface area (TPSA) is 69.3 Å². The molecule has 1 heterocycles. The van der Waals surface area contributed by atoms with Crippen LogP contribution in [0.1, 0.15) is 0 Å². The van der Waals surface area contributed by atoms with Gasteiger partial charge in [0.1, 0.15) is 5.75 Å². The molecule has 0 aliphatic rings. The van der Waals surface area contributed by atoms with E-state index in [4.69, 9.17) is 16.9 Å². The summed E-state index contributed by atoms with van der Waals surface area (Å²) in [6.45, 7) is 0.235. The maximum Gasteiger partial charge on any atom is 0.252 e. The largest absolute Gasteiger partial charge is 0.495 e. The van der Waals surface area contributed by atoms with E-state index in [2.05, 4.69) is 11.2 Å². The second kappa shape index (κ2) is 5.27. The summed E-state index contributed by atoms with van der Waals surface area (Å²) in [5.74, 6) is 2.60. The predicted molar refractivity (Wildman–Crippen MR) is 78.3 cm³/mol. The molecule has 0 aliphatic heterocycles. The van der Waals surface area contributed by atoms with Crippen molar-refractivity contribution in [2.24, 2.45) is 5.73 Å². The van der Waals surface area contributed by atoms with Gasteiger partial charge in [-0.05, 0) is 19.2 Å². The van der Waals surface area contributed by atoms with E-state index in [1.807, 2.05) is 35.0 Å². The third-order valence-corrected chi connectivity index (χ3v) is 3.47. The number of rotatable bonds is 5. The van der Waals surface area contributed by atoms with Crippen LogP contribution in [0.25, 0.3) is 10.9 Å². The molecule has 0 fully saturated rings. The number of nitrogens with two attached hydrogens (primary N) is 1. The van der Waals surface area contributed by atoms with Gasteiger partial charge in [-0.15, -0.1) is 6.42 Å². The van der Waals surface area contributed by atoms with Crippen LogP contribution in [-0.2, 0) is 11.3 Å². The summed E-state index contributed by atoms with van der Waals surface area (Å²) in [6.07, 6.45) is 7.31. The Morgan fingerprint density at radius 3 is 2.80 bits per heavy atom. The average molecular weight is 271 g/mol. The quantitative estimate of drug-likeness (QED) is 0.788. The fraction of sp³-hybridized carbons (Fsp3) is 0.267. The maximum atomic E-state index is 11.7. The average Bonchev–Trinajstić information content (AvgIpc) is 2.82. The number of terminal acetylenes is 1. The Labute approximate surface area is 117 Å². The van der Waals surface area contributed by atoms with Crippen molar-refractivity contribution in [2.45, 2.75) is 12.1 Å². The molecule has 0 bridgehead atoms. The van der Waals surface area contributed by atoms with Gasteiger partial charge in [-0.3, -0.25) is 10.1 Å². The number of benzene rings is 1. The number of likely N-dealkylation sites (N-methyl/N-ethyl adjacent to an activating group) is 1. The van der Waals surface area contributed by atoms with Crippen LogP contribution < -0.4 is 15.8 Å². The minimum atomic E-state index is -1.23. The monoisotopic (exact) mass is 271 g/mol. The lowest BCUT2D eigenvalue weighted by Gasteiger charge is -2.25. The Morgan fingerprint density at radius 2 is 2.25 bits per heavy atom. The normalized spacial score (nSPS) is 13.7. The summed E-state index contributed by atoms with van der Waals surface area (Å²) < 4.78 is 7.21. The van der Waals surface area contributed by atoms with Crippen molar-refractivity contribution in [3.8, 4) is 18.1 Å². The van der Waals surface area contributed by atoms with Crippen molar-refractivity contribution in [3.63, 3.8) is 0 Å². The van der Waals surface area contributed by atoms with E-state index in [-0.39, 0.29) is 6.54 Å². The number of primary amides is 1. The van der Waals surface area contributed by atoms with Crippen molar-refractivity contribution in [3.05, 3.63) is 30.5 Å². The highest BCUT2D eigenvalue weighted by Crippen LogP contribution is 2.28. The van der Waals surface area contributed by atoms with Gasteiger partial charge in [0.15, 0.2) is 5.54 Å². The molecule has 104 valence electrons. The Balaban J connectivity index is 2.54. The molecule has 20 heavy (non-hydrogen) atoms. The minimum absolute atomic E-state index is 0.235. The molecule has 0 saturated carbocycles. The van der Waals surface area contributed by atoms with Crippen LogP contribution in [0.5, 0.6) is 5.75 Å². The van der Waals surface area contributed by atoms with Crippen LogP contribution in [0.4, 0.5) is 0 Å². The number of carbonyl (C=O) groups excluding carboxylic acids is 1. The highest BCUT2D eigenvalue weighted by molar-refractivity contribution is 5.90. The van der Waals surface area contributed by atoms with E-state index in [9.17, 15) is 4.79 Å². The first-order chi connectivity index (χ1) is 9.57. The van der Waals surface area contributed by atoms with Gasteiger partial charge in [0.05, 0.1) is 19.2 Å². The second-order valence-electron chi connectivity index (χ2n) is 4.51. The number of hydrogen-bond donors (Lipinski definition) is 2. The number of carbonyl (C=O) groups is 1. The molecule has 0 aliphatic carbocycles. The lowest BCUT2D eigenvalue weighted by Crippen LogP contribution is -2.55. The van der Waals surface area contributed by atoms with Crippen LogP contribution in [0.2, 0.25) is 0 Å². The first-order valence-corrected chi connectivity index (χ1v) is 6.16. The predicted octanol–water partition coefficient (Wildman–Crippen LogP) is 0.727. The molecule has 0 saturated heterocycles. The van der Waals surface area contributed by atoms with Crippen LogP contribution in [-0.4, -0.2) is 30.2 Å². The number of nitrogens with zero attached hydrogens (tertiary/aromatic N) is 1. The fourth-order valence-corrected chi connectivity index (χ4v) is 2.23. The fourth-order valence-electron chi connectivity index (χ4n) is 2.23. The molecule has 2 rings (SSSR count). The summed E-state index contributed by atoms with van der Waals surface area (Å²) in [6, 6.07) is 7.73. The van der Waals surface area contributed by atoms with Gasteiger partial charge in [-0.1, -0.05) is 18.1 Å². The maximum absolute atomic E-state index is 11.7. The smallest absolute Gasteiger partial charge is 0.252 e. The van der Waals surface area contributed by atoms with E-state index in [0.717, 1.165) is 16.7 Å². The summed E-state index contributed by atoms with van der Waals surface area (Å²) in [5.41, 5.74) is 5.14. The summed E-state index contributed by atoms with van der Waals surface area (Å²) in [5, 5.41) is 3.79. The zero-order valence-corrected chi connectivity index (χ0v) is 11.5. The van der Waals surface area contributed by atoms with Crippen LogP contribution in [0.15, 0.2) is 30.5 Å². The molecule has 1 aromatic heterocycles. The molecule has 0 radical (unpaired) electrons. The third kappa shape index (κ3) is 2.10. The first kappa shape index (κ1) is 14.0. The van der Waals surface area contributed by atoms with E-state index >= 15 is 0 Å². The van der Waals surface area contributed by atoms with Gasteiger partial charge in [0.2, 0.25) is 0 Å². The van der Waals surface area contributed by atoms with Crippen LogP contribution >= 0.6 is 0 Å². The van der Waals surface area contributed by atoms with Crippen LogP contribution in [0.3, 0.4) is 0 Å². The van der Waals surface area contributed by atoms with Gasteiger partial charge in [0.25, 0.3) is 5.91 Å². The first-order valence-electron chi connectivity index (χ1n) is 6.16. The molecule has 1 unspecified atom stereocenters. The number of aromatic nitrogens is 1. The van der Waals surface area contributed by atoms with E-state index in [1.54, 1.807) is 14.2 Å². The number of methoxy groups -OCH3 is 1. The lowest BCUT2D eigenvalue weighted by atomic mass is 10.00. The Morgan fingerprint density at radius 1 is 1.55 bits per heavy atom. The number of fused-ring (bicyclic) bond motifs is 1. The zero-order valence-electron chi connectivity index (χ0n) is 11.5. The standard InChI is InChI=1S/C15H17N3O2/c1-4-15(17-2,14(16)19)10-18-9-13(20-3)11-7-5-6-8-12(11)18/h1,5-9,17H,10H2,2-3H3,(H2,16,19). The molecule has 0 spiro atoms. The highest BCUT2D eigenvalue weighted by atomic mass is 16.5. The number of nitrogens with one attached hydrogen (secondary N) is 1. The second-order valence-corrected chi connectivity index (χ2v) is 4.51. The van der Waals surface area contributed by atoms with Gasteiger partial charge < -0.3 is 15.0 Å². The summed E-state index contributed by atoms with van der Waals surface area (Å²) >= 11 is 0. The van der Waals surface area contributed by atoms with Gasteiger partial charge in [-0.2, -0.15) is 0 Å². The van der Waals surface area contributed by atoms with Crippen LogP contribution in [0, 0.1) is 12.3 Å². The number of ether oxygens (including phenoxy) is 1. The van der Waals surface area contributed by atoms with E-state index in [1.165, 1.54) is 0 Å². The van der Waals surface area contributed by atoms with Crippen molar-refractivity contribution in [1.82, 2.24) is 9.88 Å². The van der Waals surface area contributed by atoms with Crippen molar-refractivity contribution in [1.29, 1.82) is 0 Å². The molecular formula is C15H17N3O2. The molecule has 5 heteroatoms. The lowest BCUT2D eigenvalue weighted by molar-refractivity contribution is -0.122. The van der Waals surface area contributed by atoms with Gasteiger partial charge in [-0.25, -0.2) is 0 Å². The molecule has 5 nitrogen and oxygen atoms in total. The molecule has 1 aromatic carbocycles. The SMILES string of the molecule is C#CC(Cn1cc(OC)c2ccccc21)(NC)C(N)=O. The Kier molecular flexibility index (Phi) is 3.68. The number of amides is 1. The van der Waals surface area contributed by atoms with Gasteiger partial charge in [0, 0.05) is 11.6 Å². The molecular weight excluding hydrogens is 254 g/mol. The minimum Gasteiger partial charge on any atom is -0.495 e. The summed E-state index contributed by atoms with van der Waals surface area (Å²) in [4.78, 5) is 11.7. The van der Waals surface area contributed by atoms with E-state index < -0.39 is 11.4 Å². The molecule has 3 N–H and O–H groups in total. The molecule has 1 atom stereocenters. The Bertz CT molecular complexity index is 684. The third-order valence-electron chi connectivity index (χ3n) is 3.47. The Hall–Kier alpha value is -2.45. The molecule has 2 aromatic rings. The number of para-hydroxylation sites is 1. The van der Waals surface area contributed by atoms with Gasteiger partial charge >= 0.3 is 0 Å². The molecule has 1 amide bonds. The summed E-state index contributed by atoms with van der Waals surface area (Å²) in [7, 11) is 3.22. The highest BCUT2D eigenvalue weighted by Gasteiger charge is 2.33. The van der Waals surface area contributed by atoms with E-state index in [0.29, 0.717) is 0 Å².